The largest absolute Gasteiger partial charge is 0.467 e. The lowest BCUT2D eigenvalue weighted by atomic mass is 10.2. The summed E-state index contributed by atoms with van der Waals surface area (Å²) in [6, 6.07) is 3.59. The molecular formula is C14H15ClFN5O. The molecule has 6 nitrogen and oxygen atoms in total. The highest BCUT2D eigenvalue weighted by atomic mass is 35.5. The summed E-state index contributed by atoms with van der Waals surface area (Å²) < 4.78 is 19.8. The molecule has 0 radical (unpaired) electrons. The van der Waals surface area contributed by atoms with Gasteiger partial charge in [0.15, 0.2) is 5.82 Å². The zero-order valence-electron chi connectivity index (χ0n) is 11.7. The normalized spacial score (nSPS) is 11.2. The zero-order valence-corrected chi connectivity index (χ0v) is 12.5. The highest BCUT2D eigenvalue weighted by Crippen LogP contribution is 2.28. The van der Waals surface area contributed by atoms with E-state index >= 15 is 0 Å². The quantitative estimate of drug-likeness (QED) is 0.607. The maximum Gasteiger partial charge on any atom is 0.226 e. The van der Waals surface area contributed by atoms with E-state index in [4.69, 9.17) is 21.8 Å². The fourth-order valence-electron chi connectivity index (χ4n) is 2.24. The predicted octanol–water partition coefficient (Wildman–Crippen LogP) is 2.85. The van der Waals surface area contributed by atoms with E-state index in [1.54, 1.807) is 12.3 Å². The van der Waals surface area contributed by atoms with Gasteiger partial charge in [-0.05, 0) is 43.1 Å². The van der Waals surface area contributed by atoms with Crippen LogP contribution in [-0.4, -0.2) is 21.5 Å². The fourth-order valence-corrected chi connectivity index (χ4v) is 2.41. The Labute approximate surface area is 130 Å². The van der Waals surface area contributed by atoms with E-state index in [1.807, 2.05) is 6.07 Å². The molecule has 0 saturated carbocycles. The standard InChI is InChI=1S/C14H15ClFN5O/c15-14-20-12(18-7-8-3-2-6-22-8)10-11(16)9(4-1-5-17)19-13(10)21-14/h2-3,6H,1,4-5,7,17H2,(H2,18,19,20,21). The molecule has 22 heavy (non-hydrogen) atoms. The molecule has 0 atom stereocenters. The van der Waals surface area contributed by atoms with Crippen LogP contribution in [-0.2, 0) is 13.0 Å². The molecule has 0 bridgehead atoms. The first-order chi connectivity index (χ1) is 10.7. The Bertz CT molecular complexity index is 771. The lowest BCUT2D eigenvalue weighted by Gasteiger charge is -2.05. The number of aryl methyl sites for hydroxylation is 1. The first-order valence-electron chi connectivity index (χ1n) is 6.89. The van der Waals surface area contributed by atoms with Crippen LogP contribution in [0.15, 0.2) is 22.8 Å². The number of halogens is 2. The molecule has 3 aromatic rings. The van der Waals surface area contributed by atoms with Gasteiger partial charge in [0, 0.05) is 0 Å². The van der Waals surface area contributed by atoms with E-state index < -0.39 is 0 Å². The summed E-state index contributed by atoms with van der Waals surface area (Å²) in [5.41, 5.74) is 6.29. The van der Waals surface area contributed by atoms with Crippen LogP contribution in [0.4, 0.5) is 10.2 Å². The van der Waals surface area contributed by atoms with Crippen LogP contribution in [0.2, 0.25) is 5.28 Å². The van der Waals surface area contributed by atoms with Gasteiger partial charge in [-0.1, -0.05) is 0 Å². The lowest BCUT2D eigenvalue weighted by Crippen LogP contribution is -2.03. The van der Waals surface area contributed by atoms with Crippen LogP contribution >= 0.6 is 11.6 Å². The molecule has 0 aliphatic carbocycles. The van der Waals surface area contributed by atoms with Crippen LogP contribution in [0, 0.1) is 5.82 Å². The Morgan fingerprint density at radius 2 is 2.27 bits per heavy atom. The van der Waals surface area contributed by atoms with Crippen LogP contribution in [0.3, 0.4) is 0 Å². The second-order valence-corrected chi connectivity index (χ2v) is 5.15. The van der Waals surface area contributed by atoms with Gasteiger partial charge in [-0.25, -0.2) is 4.39 Å². The minimum atomic E-state index is -0.373. The summed E-state index contributed by atoms with van der Waals surface area (Å²) in [4.78, 5) is 11.1. The Balaban J connectivity index is 1.95. The van der Waals surface area contributed by atoms with Crippen molar-refractivity contribution in [1.82, 2.24) is 15.0 Å². The molecule has 0 amide bonds. The molecule has 3 rings (SSSR count). The maximum atomic E-state index is 14.6. The molecule has 0 aliphatic heterocycles. The fraction of sp³-hybridized carbons (Fsp3) is 0.286. The van der Waals surface area contributed by atoms with Crippen LogP contribution in [0.25, 0.3) is 11.0 Å². The van der Waals surface area contributed by atoms with Crippen molar-refractivity contribution in [3.8, 4) is 0 Å². The van der Waals surface area contributed by atoms with Crippen LogP contribution in [0.1, 0.15) is 17.9 Å². The smallest absolute Gasteiger partial charge is 0.226 e. The van der Waals surface area contributed by atoms with Gasteiger partial charge >= 0.3 is 0 Å². The molecule has 8 heteroatoms. The second-order valence-electron chi connectivity index (χ2n) is 4.81. The third-order valence-electron chi connectivity index (χ3n) is 3.28. The van der Waals surface area contributed by atoms with Gasteiger partial charge in [-0.3, -0.25) is 0 Å². The molecule has 0 fully saturated rings. The Hall–Kier alpha value is -2.12. The van der Waals surface area contributed by atoms with E-state index in [0.29, 0.717) is 54.2 Å². The Kier molecular flexibility index (Phi) is 4.26. The maximum absolute atomic E-state index is 14.6. The van der Waals surface area contributed by atoms with E-state index in [9.17, 15) is 4.39 Å². The number of nitrogens with two attached hydrogens (primary N) is 1. The molecule has 116 valence electrons. The van der Waals surface area contributed by atoms with E-state index in [2.05, 4.69) is 20.3 Å². The second kappa shape index (κ2) is 6.33. The number of fused-ring (bicyclic) bond motifs is 1. The summed E-state index contributed by atoms with van der Waals surface area (Å²) in [5.74, 6) is 0.670. The average Bonchev–Trinajstić information content (AvgIpc) is 3.11. The minimum absolute atomic E-state index is 0.0427. The average molecular weight is 324 g/mol. The number of anilines is 1. The van der Waals surface area contributed by atoms with E-state index in [1.165, 1.54) is 0 Å². The molecular weight excluding hydrogens is 309 g/mol. The van der Waals surface area contributed by atoms with Crippen molar-refractivity contribution in [2.45, 2.75) is 19.4 Å². The molecule has 0 aromatic carbocycles. The highest BCUT2D eigenvalue weighted by Gasteiger charge is 2.18. The van der Waals surface area contributed by atoms with Gasteiger partial charge in [0.1, 0.15) is 17.2 Å². The summed E-state index contributed by atoms with van der Waals surface area (Å²) >= 11 is 5.90. The number of H-pyrrole nitrogens is 1. The number of furan rings is 1. The van der Waals surface area contributed by atoms with Crippen LogP contribution < -0.4 is 11.1 Å². The molecule has 0 saturated heterocycles. The number of rotatable bonds is 6. The minimum Gasteiger partial charge on any atom is -0.467 e. The highest BCUT2D eigenvalue weighted by molar-refractivity contribution is 6.28. The van der Waals surface area contributed by atoms with Gasteiger partial charge in [-0.2, -0.15) is 9.97 Å². The van der Waals surface area contributed by atoms with Crippen molar-refractivity contribution < 1.29 is 8.81 Å². The monoisotopic (exact) mass is 323 g/mol. The molecule has 4 N–H and O–H groups in total. The van der Waals surface area contributed by atoms with Gasteiger partial charge in [0.25, 0.3) is 0 Å². The SMILES string of the molecule is NCCCc1[nH]c2nc(Cl)nc(NCc3ccco3)c2c1F. The van der Waals surface area contributed by atoms with Crippen molar-refractivity contribution >= 4 is 28.5 Å². The third-order valence-corrected chi connectivity index (χ3v) is 3.45. The van der Waals surface area contributed by atoms with Crippen molar-refractivity contribution in [3.05, 3.63) is 41.0 Å². The first-order valence-corrected chi connectivity index (χ1v) is 7.26. The topological polar surface area (TPSA) is 92.8 Å². The van der Waals surface area contributed by atoms with Crippen molar-refractivity contribution in [1.29, 1.82) is 0 Å². The van der Waals surface area contributed by atoms with Gasteiger partial charge < -0.3 is 20.5 Å². The summed E-state index contributed by atoms with van der Waals surface area (Å²) in [6.07, 6.45) is 2.76. The molecule has 3 heterocycles. The summed E-state index contributed by atoms with van der Waals surface area (Å²) in [7, 11) is 0. The molecule has 0 spiro atoms. The Morgan fingerprint density at radius 3 is 3.00 bits per heavy atom. The number of hydrogen-bond acceptors (Lipinski definition) is 5. The van der Waals surface area contributed by atoms with E-state index in [0.717, 1.165) is 0 Å². The number of aromatic amines is 1. The summed E-state index contributed by atoms with van der Waals surface area (Å²) in [6.45, 7) is 0.864. The lowest BCUT2D eigenvalue weighted by molar-refractivity contribution is 0.518. The van der Waals surface area contributed by atoms with Gasteiger partial charge in [0.05, 0.1) is 23.9 Å². The summed E-state index contributed by atoms with van der Waals surface area (Å²) in [5, 5.41) is 3.36. The van der Waals surface area contributed by atoms with E-state index in [-0.39, 0.29) is 11.1 Å². The zero-order chi connectivity index (χ0) is 15.5. The molecule has 0 aliphatic rings. The molecule has 3 aromatic heterocycles. The van der Waals surface area contributed by atoms with Gasteiger partial charge in [0.2, 0.25) is 5.28 Å². The Morgan fingerprint density at radius 1 is 1.41 bits per heavy atom. The number of nitrogens with zero attached hydrogens (tertiary/aromatic N) is 2. The van der Waals surface area contributed by atoms with Gasteiger partial charge in [-0.15, -0.1) is 0 Å². The van der Waals surface area contributed by atoms with Crippen LogP contribution in [0.5, 0.6) is 0 Å². The number of aromatic nitrogens is 3. The first kappa shape index (κ1) is 14.8. The van der Waals surface area contributed by atoms with Crippen molar-refractivity contribution in [2.24, 2.45) is 5.73 Å². The third kappa shape index (κ3) is 2.90. The molecule has 0 unspecified atom stereocenters. The number of hydrogen-bond donors (Lipinski definition) is 3. The predicted molar refractivity (Wildman–Crippen MR) is 82.3 cm³/mol. The number of nitrogens with one attached hydrogen (secondary N) is 2. The van der Waals surface area contributed by atoms with Crippen molar-refractivity contribution in [2.75, 3.05) is 11.9 Å². The van der Waals surface area contributed by atoms with Crippen molar-refractivity contribution in [3.63, 3.8) is 0 Å².